The van der Waals surface area contributed by atoms with E-state index in [2.05, 4.69) is 15.2 Å². The van der Waals surface area contributed by atoms with Crippen LogP contribution in [0.15, 0.2) is 36.2 Å². The highest BCUT2D eigenvalue weighted by Crippen LogP contribution is 2.24. The Hall–Kier alpha value is -2.89. The van der Waals surface area contributed by atoms with E-state index in [1.54, 1.807) is 12.3 Å². The summed E-state index contributed by atoms with van der Waals surface area (Å²) >= 11 is 0. The van der Waals surface area contributed by atoms with E-state index in [0.29, 0.717) is 17.8 Å². The molecule has 0 aliphatic rings. The van der Waals surface area contributed by atoms with Gasteiger partial charge >= 0.3 is 5.97 Å². The van der Waals surface area contributed by atoms with Gasteiger partial charge in [0.25, 0.3) is 0 Å². The minimum absolute atomic E-state index is 0.343. The molecule has 0 fully saturated rings. The summed E-state index contributed by atoms with van der Waals surface area (Å²) in [4.78, 5) is 15.6. The highest BCUT2D eigenvalue weighted by molar-refractivity contribution is 5.93. The molecule has 0 radical (unpaired) electrons. The van der Waals surface area contributed by atoms with Crippen molar-refractivity contribution in [3.8, 4) is 5.82 Å². The molecular weight excluding hydrogens is 280 g/mol. The van der Waals surface area contributed by atoms with Crippen molar-refractivity contribution in [1.29, 1.82) is 0 Å². The monoisotopic (exact) mass is 296 g/mol. The topological polar surface area (TPSA) is 83.8 Å². The summed E-state index contributed by atoms with van der Waals surface area (Å²) in [6.07, 6.45) is 5.73. The van der Waals surface area contributed by atoms with E-state index in [-0.39, 0.29) is 0 Å². The first-order valence-corrected chi connectivity index (χ1v) is 7.03. The second-order valence-electron chi connectivity index (χ2n) is 5.02. The summed E-state index contributed by atoms with van der Waals surface area (Å²) in [6, 6.07) is 5.81. The number of hydrogen-bond donors (Lipinski definition) is 2. The van der Waals surface area contributed by atoms with Crippen molar-refractivity contribution in [2.45, 2.75) is 20.3 Å². The van der Waals surface area contributed by atoms with Crippen molar-refractivity contribution in [2.75, 3.05) is 0 Å². The Labute approximate surface area is 127 Å². The van der Waals surface area contributed by atoms with Crippen LogP contribution in [0.25, 0.3) is 22.9 Å². The fourth-order valence-electron chi connectivity index (χ4n) is 2.41. The van der Waals surface area contributed by atoms with Crippen molar-refractivity contribution in [1.82, 2.24) is 19.7 Å². The van der Waals surface area contributed by atoms with Crippen LogP contribution in [-0.4, -0.2) is 30.8 Å². The van der Waals surface area contributed by atoms with E-state index in [1.165, 1.54) is 0 Å². The number of carbonyl (C=O) groups is 1. The first-order valence-electron chi connectivity index (χ1n) is 7.03. The molecule has 2 N–H and O–H groups in total. The lowest BCUT2D eigenvalue weighted by Gasteiger charge is -2.04. The van der Waals surface area contributed by atoms with Gasteiger partial charge in [0.2, 0.25) is 0 Å². The zero-order valence-electron chi connectivity index (χ0n) is 12.4. The van der Waals surface area contributed by atoms with Crippen LogP contribution in [0.3, 0.4) is 0 Å². The van der Waals surface area contributed by atoms with Gasteiger partial charge in [0.15, 0.2) is 5.82 Å². The molecule has 3 aromatic heterocycles. The number of nitrogens with zero attached hydrogens (tertiary/aromatic N) is 3. The first-order chi connectivity index (χ1) is 10.6. The Morgan fingerprint density at radius 3 is 3.00 bits per heavy atom. The van der Waals surface area contributed by atoms with Crippen LogP contribution in [0.1, 0.15) is 24.6 Å². The summed E-state index contributed by atoms with van der Waals surface area (Å²) in [5, 5.41) is 17.5. The Bertz CT molecular complexity index is 873. The molecule has 112 valence electrons. The highest BCUT2D eigenvalue weighted by atomic mass is 16.4. The number of aromatic amines is 1. The van der Waals surface area contributed by atoms with Gasteiger partial charge in [-0.3, -0.25) is 9.67 Å². The zero-order chi connectivity index (χ0) is 15.7. The van der Waals surface area contributed by atoms with Crippen LogP contribution in [0.2, 0.25) is 0 Å². The van der Waals surface area contributed by atoms with Gasteiger partial charge in [-0.2, -0.15) is 5.10 Å². The molecule has 0 aliphatic heterocycles. The number of aryl methyl sites for hydroxylation is 1. The smallest absolute Gasteiger partial charge is 0.331 e. The number of fused-ring (bicyclic) bond motifs is 1. The van der Waals surface area contributed by atoms with Crippen molar-refractivity contribution in [2.24, 2.45) is 0 Å². The van der Waals surface area contributed by atoms with Crippen LogP contribution in [0.5, 0.6) is 0 Å². The molecule has 0 unspecified atom stereocenters. The molecule has 0 saturated heterocycles. The minimum atomic E-state index is -0.912. The minimum Gasteiger partial charge on any atom is -0.478 e. The van der Waals surface area contributed by atoms with Crippen molar-refractivity contribution >= 4 is 23.1 Å². The van der Waals surface area contributed by atoms with Crippen LogP contribution < -0.4 is 0 Å². The summed E-state index contributed by atoms with van der Waals surface area (Å²) in [5.74, 6) is -0.261. The van der Waals surface area contributed by atoms with Crippen LogP contribution in [-0.2, 0) is 4.79 Å². The van der Waals surface area contributed by atoms with Gasteiger partial charge in [0.1, 0.15) is 5.65 Å². The molecule has 3 heterocycles. The van der Waals surface area contributed by atoms with Crippen molar-refractivity contribution in [3.63, 3.8) is 0 Å². The molecule has 3 aromatic rings. The van der Waals surface area contributed by atoms with E-state index in [1.807, 2.05) is 42.8 Å². The molecule has 0 aromatic carbocycles. The predicted molar refractivity (Wildman–Crippen MR) is 83.9 cm³/mol. The van der Waals surface area contributed by atoms with Crippen LogP contribution in [0, 0.1) is 6.92 Å². The molecule has 0 aliphatic carbocycles. The normalized spacial score (nSPS) is 12.0. The SMILES string of the molecule is CC/C(=C\c1c(-n2ccc3cccnc32)n[nH]c1C)C(=O)O. The Morgan fingerprint density at radius 2 is 2.27 bits per heavy atom. The summed E-state index contributed by atoms with van der Waals surface area (Å²) in [7, 11) is 0. The van der Waals surface area contributed by atoms with Crippen LogP contribution in [0.4, 0.5) is 0 Å². The largest absolute Gasteiger partial charge is 0.478 e. The molecule has 0 spiro atoms. The number of carboxylic acid groups (broad SMARTS) is 1. The predicted octanol–water partition coefficient (Wildman–Crippen LogP) is 2.94. The lowest BCUT2D eigenvalue weighted by molar-refractivity contribution is -0.132. The van der Waals surface area contributed by atoms with Crippen molar-refractivity contribution in [3.05, 3.63) is 47.4 Å². The van der Waals surface area contributed by atoms with E-state index < -0.39 is 5.97 Å². The molecular formula is C16H16N4O2. The third-order valence-corrected chi connectivity index (χ3v) is 3.62. The molecule has 0 bridgehead atoms. The average Bonchev–Trinajstić information content (AvgIpc) is 3.08. The quantitative estimate of drug-likeness (QED) is 0.725. The Morgan fingerprint density at radius 1 is 1.45 bits per heavy atom. The maximum atomic E-state index is 11.3. The maximum absolute atomic E-state index is 11.3. The molecule has 6 heteroatoms. The standard InChI is InChI=1S/C16H16N4O2/c1-3-11(16(21)22)9-13-10(2)18-19-15(13)20-8-6-12-5-4-7-17-14(12)20/h4-9H,3H2,1-2H3,(H,18,19)(H,21,22)/b11-9+. The van der Waals surface area contributed by atoms with Crippen LogP contribution >= 0.6 is 0 Å². The second-order valence-corrected chi connectivity index (χ2v) is 5.02. The molecule has 22 heavy (non-hydrogen) atoms. The number of nitrogens with one attached hydrogen (secondary N) is 1. The summed E-state index contributed by atoms with van der Waals surface area (Å²) in [5.41, 5.74) is 2.72. The highest BCUT2D eigenvalue weighted by Gasteiger charge is 2.15. The van der Waals surface area contributed by atoms with E-state index >= 15 is 0 Å². The van der Waals surface area contributed by atoms with Gasteiger partial charge in [-0.1, -0.05) is 6.92 Å². The van der Waals surface area contributed by atoms with Gasteiger partial charge in [-0.15, -0.1) is 0 Å². The number of rotatable bonds is 4. The van der Waals surface area contributed by atoms with Gasteiger partial charge in [0, 0.05) is 34.6 Å². The molecule has 6 nitrogen and oxygen atoms in total. The number of H-pyrrole nitrogens is 1. The average molecular weight is 296 g/mol. The second kappa shape index (κ2) is 5.48. The molecule has 0 saturated carbocycles. The van der Waals surface area contributed by atoms with E-state index in [9.17, 15) is 9.90 Å². The van der Waals surface area contributed by atoms with Gasteiger partial charge in [-0.05, 0) is 37.6 Å². The number of aromatic nitrogens is 4. The molecule has 0 atom stereocenters. The summed E-state index contributed by atoms with van der Waals surface area (Å²) in [6.45, 7) is 3.69. The van der Waals surface area contributed by atoms with Gasteiger partial charge < -0.3 is 5.11 Å². The molecule has 3 rings (SSSR count). The van der Waals surface area contributed by atoms with Gasteiger partial charge in [0.05, 0.1) is 0 Å². The fourth-order valence-corrected chi connectivity index (χ4v) is 2.41. The first kappa shape index (κ1) is 14.1. The van der Waals surface area contributed by atoms with E-state index in [4.69, 9.17) is 0 Å². The Balaban J connectivity index is 2.19. The zero-order valence-corrected chi connectivity index (χ0v) is 12.4. The number of carboxylic acids is 1. The maximum Gasteiger partial charge on any atom is 0.331 e. The number of hydrogen-bond acceptors (Lipinski definition) is 3. The number of pyridine rings is 1. The lowest BCUT2D eigenvalue weighted by Crippen LogP contribution is -2.01. The van der Waals surface area contributed by atoms with Crippen molar-refractivity contribution < 1.29 is 9.90 Å². The molecule has 0 amide bonds. The third kappa shape index (κ3) is 2.28. The Kier molecular flexibility index (Phi) is 3.50. The number of aliphatic carboxylic acids is 1. The lowest BCUT2D eigenvalue weighted by atomic mass is 10.1. The van der Waals surface area contributed by atoms with E-state index in [0.717, 1.165) is 22.3 Å². The van der Waals surface area contributed by atoms with Gasteiger partial charge in [-0.25, -0.2) is 9.78 Å². The fraction of sp³-hybridized carbons (Fsp3) is 0.188. The third-order valence-electron chi connectivity index (χ3n) is 3.62. The summed E-state index contributed by atoms with van der Waals surface area (Å²) < 4.78 is 1.86.